The van der Waals surface area contributed by atoms with Crippen LogP contribution in [0.15, 0.2) is 0 Å². The van der Waals surface area contributed by atoms with E-state index in [1.165, 1.54) is 0 Å². The second-order valence-electron chi connectivity index (χ2n) is 3.34. The third kappa shape index (κ3) is 7.94. The predicted octanol–water partition coefficient (Wildman–Crippen LogP) is 0.121. The molecule has 0 heterocycles. The van der Waals surface area contributed by atoms with Gasteiger partial charge in [-0.25, -0.2) is 0 Å². The molecule has 0 atom stereocenters. The van der Waals surface area contributed by atoms with Gasteiger partial charge in [0.05, 0.1) is 11.5 Å². The van der Waals surface area contributed by atoms with Crippen LogP contribution in [0.1, 0.15) is 19.8 Å². The monoisotopic (exact) mass is 217 g/mol. The third-order valence-electron chi connectivity index (χ3n) is 1.69. The topological polar surface area (TPSA) is 58.4 Å². The standard InChI is InChI=1S/C9H19N3OS/c1-3-4-5-11-9(13)7-12(2)6-8(10)14/h3-7H2,1-2H3,(H2,10,14)(H,11,13). The van der Waals surface area contributed by atoms with Crippen LogP contribution in [0.25, 0.3) is 0 Å². The summed E-state index contributed by atoms with van der Waals surface area (Å²) < 4.78 is 0. The lowest BCUT2D eigenvalue weighted by Crippen LogP contribution is -2.38. The number of likely N-dealkylation sites (N-methyl/N-ethyl adjacent to an activating group) is 1. The number of hydrogen-bond donors (Lipinski definition) is 2. The van der Waals surface area contributed by atoms with Crippen LogP contribution < -0.4 is 11.1 Å². The minimum absolute atomic E-state index is 0.0252. The highest BCUT2D eigenvalue weighted by atomic mass is 32.1. The zero-order chi connectivity index (χ0) is 11.0. The second-order valence-corrected chi connectivity index (χ2v) is 3.87. The molecule has 0 saturated carbocycles. The molecule has 0 unspecified atom stereocenters. The molecule has 0 radical (unpaired) electrons. The Morgan fingerprint density at radius 3 is 2.64 bits per heavy atom. The van der Waals surface area contributed by atoms with Gasteiger partial charge in [0.25, 0.3) is 0 Å². The second kappa shape index (κ2) is 7.70. The summed E-state index contributed by atoms with van der Waals surface area (Å²) in [5.41, 5.74) is 5.35. The van der Waals surface area contributed by atoms with Crippen molar-refractivity contribution in [3.63, 3.8) is 0 Å². The number of carbonyl (C=O) groups is 1. The molecule has 0 spiro atoms. The van der Waals surface area contributed by atoms with Gasteiger partial charge in [0.2, 0.25) is 5.91 Å². The van der Waals surface area contributed by atoms with Crippen molar-refractivity contribution in [3.05, 3.63) is 0 Å². The fourth-order valence-corrected chi connectivity index (χ4v) is 1.25. The van der Waals surface area contributed by atoms with Gasteiger partial charge >= 0.3 is 0 Å². The molecule has 14 heavy (non-hydrogen) atoms. The molecule has 3 N–H and O–H groups in total. The minimum Gasteiger partial charge on any atom is -0.392 e. The van der Waals surface area contributed by atoms with Gasteiger partial charge in [0.15, 0.2) is 0 Å². The Balaban J connectivity index is 3.55. The molecule has 0 aliphatic heterocycles. The van der Waals surface area contributed by atoms with Gasteiger partial charge in [0, 0.05) is 13.1 Å². The molecule has 0 aliphatic carbocycles. The largest absolute Gasteiger partial charge is 0.392 e. The average molecular weight is 217 g/mol. The highest BCUT2D eigenvalue weighted by molar-refractivity contribution is 7.80. The van der Waals surface area contributed by atoms with E-state index in [0.717, 1.165) is 19.4 Å². The summed E-state index contributed by atoms with van der Waals surface area (Å²) >= 11 is 4.74. The molecule has 1 amide bonds. The Kier molecular flexibility index (Phi) is 7.32. The van der Waals surface area contributed by atoms with E-state index in [-0.39, 0.29) is 5.91 Å². The summed E-state index contributed by atoms with van der Waals surface area (Å²) in [5.74, 6) is 0.0252. The zero-order valence-corrected chi connectivity index (χ0v) is 9.69. The van der Waals surface area contributed by atoms with E-state index in [0.29, 0.717) is 18.1 Å². The number of nitrogens with two attached hydrogens (primary N) is 1. The summed E-state index contributed by atoms with van der Waals surface area (Å²) in [5, 5.41) is 2.82. The lowest BCUT2D eigenvalue weighted by atomic mass is 10.3. The van der Waals surface area contributed by atoms with E-state index >= 15 is 0 Å². The summed E-state index contributed by atoms with van der Waals surface area (Å²) in [4.78, 5) is 13.5. The van der Waals surface area contributed by atoms with Crippen molar-refractivity contribution >= 4 is 23.1 Å². The Morgan fingerprint density at radius 2 is 2.14 bits per heavy atom. The first-order valence-electron chi connectivity index (χ1n) is 4.79. The molecule has 0 aromatic rings. The van der Waals surface area contributed by atoms with Crippen molar-refractivity contribution in [2.75, 3.05) is 26.7 Å². The van der Waals surface area contributed by atoms with Crippen LogP contribution in [0.4, 0.5) is 0 Å². The maximum atomic E-state index is 11.3. The molecular weight excluding hydrogens is 198 g/mol. The number of nitrogens with one attached hydrogen (secondary N) is 1. The highest BCUT2D eigenvalue weighted by Gasteiger charge is 2.05. The first-order chi connectivity index (χ1) is 6.56. The molecule has 0 aliphatic rings. The molecule has 0 bridgehead atoms. The normalized spacial score (nSPS) is 10.2. The molecule has 0 saturated heterocycles. The lowest BCUT2D eigenvalue weighted by Gasteiger charge is -2.14. The molecule has 0 rings (SSSR count). The number of rotatable bonds is 7. The maximum Gasteiger partial charge on any atom is 0.234 e. The van der Waals surface area contributed by atoms with E-state index in [1.54, 1.807) is 4.90 Å². The van der Waals surface area contributed by atoms with Gasteiger partial charge in [-0.1, -0.05) is 25.6 Å². The third-order valence-corrected chi connectivity index (χ3v) is 1.82. The van der Waals surface area contributed by atoms with E-state index in [4.69, 9.17) is 18.0 Å². The van der Waals surface area contributed by atoms with Crippen molar-refractivity contribution in [2.45, 2.75) is 19.8 Å². The number of amides is 1. The Labute approximate surface area is 90.8 Å². The van der Waals surface area contributed by atoms with Crippen molar-refractivity contribution < 1.29 is 4.79 Å². The SMILES string of the molecule is CCCCNC(=O)CN(C)CC(N)=S. The highest BCUT2D eigenvalue weighted by Crippen LogP contribution is 1.85. The number of hydrogen-bond acceptors (Lipinski definition) is 3. The number of nitrogens with zero attached hydrogens (tertiary/aromatic N) is 1. The maximum absolute atomic E-state index is 11.3. The van der Waals surface area contributed by atoms with Crippen LogP contribution in [0, 0.1) is 0 Å². The van der Waals surface area contributed by atoms with E-state index in [1.807, 2.05) is 7.05 Å². The molecule has 4 nitrogen and oxygen atoms in total. The summed E-state index contributed by atoms with van der Waals surface area (Å²) in [6, 6.07) is 0. The van der Waals surface area contributed by atoms with Crippen molar-refractivity contribution in [1.29, 1.82) is 0 Å². The average Bonchev–Trinajstić information content (AvgIpc) is 2.02. The Hall–Kier alpha value is -0.680. The van der Waals surface area contributed by atoms with E-state index in [2.05, 4.69) is 12.2 Å². The van der Waals surface area contributed by atoms with Gasteiger partial charge < -0.3 is 11.1 Å². The van der Waals surface area contributed by atoms with Gasteiger partial charge in [-0.2, -0.15) is 0 Å². The Morgan fingerprint density at radius 1 is 1.50 bits per heavy atom. The minimum atomic E-state index is 0.0252. The fraction of sp³-hybridized carbons (Fsp3) is 0.778. The van der Waals surface area contributed by atoms with Crippen LogP contribution in [0.2, 0.25) is 0 Å². The van der Waals surface area contributed by atoms with E-state index in [9.17, 15) is 4.79 Å². The van der Waals surface area contributed by atoms with Gasteiger partial charge in [-0.05, 0) is 13.5 Å². The number of unbranched alkanes of at least 4 members (excludes halogenated alkanes) is 1. The summed E-state index contributed by atoms with van der Waals surface area (Å²) in [6.07, 6.45) is 2.10. The van der Waals surface area contributed by atoms with Crippen LogP contribution in [-0.2, 0) is 4.79 Å². The fourth-order valence-electron chi connectivity index (χ4n) is 1.03. The smallest absolute Gasteiger partial charge is 0.234 e. The van der Waals surface area contributed by atoms with Crippen LogP contribution >= 0.6 is 12.2 Å². The van der Waals surface area contributed by atoms with Crippen molar-refractivity contribution in [2.24, 2.45) is 5.73 Å². The summed E-state index contributed by atoms with van der Waals surface area (Å²) in [7, 11) is 1.82. The Bertz CT molecular complexity index is 196. The van der Waals surface area contributed by atoms with Crippen molar-refractivity contribution in [1.82, 2.24) is 10.2 Å². The lowest BCUT2D eigenvalue weighted by molar-refractivity contribution is -0.121. The molecule has 82 valence electrons. The molecule has 0 aromatic carbocycles. The van der Waals surface area contributed by atoms with E-state index < -0.39 is 0 Å². The first kappa shape index (κ1) is 13.3. The number of thiocarbonyl (C=S) groups is 1. The van der Waals surface area contributed by atoms with Crippen LogP contribution in [-0.4, -0.2) is 42.5 Å². The van der Waals surface area contributed by atoms with Crippen LogP contribution in [0.3, 0.4) is 0 Å². The van der Waals surface area contributed by atoms with Gasteiger partial charge in [-0.15, -0.1) is 0 Å². The van der Waals surface area contributed by atoms with Gasteiger partial charge in [-0.3, -0.25) is 9.69 Å². The zero-order valence-electron chi connectivity index (χ0n) is 8.88. The predicted molar refractivity (Wildman–Crippen MR) is 62.2 cm³/mol. The van der Waals surface area contributed by atoms with Crippen LogP contribution in [0.5, 0.6) is 0 Å². The molecular formula is C9H19N3OS. The van der Waals surface area contributed by atoms with Crippen molar-refractivity contribution in [3.8, 4) is 0 Å². The molecule has 5 heteroatoms. The van der Waals surface area contributed by atoms with Gasteiger partial charge in [0.1, 0.15) is 0 Å². The quantitative estimate of drug-likeness (QED) is 0.470. The molecule has 0 aromatic heterocycles. The molecule has 0 fully saturated rings. The summed E-state index contributed by atoms with van der Waals surface area (Å²) in [6.45, 7) is 3.67. The first-order valence-corrected chi connectivity index (χ1v) is 5.20. The number of carbonyl (C=O) groups excluding carboxylic acids is 1.